The van der Waals surface area contributed by atoms with Gasteiger partial charge in [-0.3, -0.25) is 9.40 Å². The molecule has 0 saturated heterocycles. The fraction of sp³-hybridized carbons (Fsp3) is 0.118. The number of hydrogen-bond donors (Lipinski definition) is 1. The normalized spacial score (nSPS) is 11.4. The maximum absolute atomic E-state index is 12.4. The van der Waals surface area contributed by atoms with E-state index >= 15 is 0 Å². The fourth-order valence-electron chi connectivity index (χ4n) is 2.24. The van der Waals surface area contributed by atoms with Gasteiger partial charge in [-0.15, -0.1) is 0 Å². The summed E-state index contributed by atoms with van der Waals surface area (Å²) in [5.74, 6) is 0. The number of sulfonamides is 1. The maximum atomic E-state index is 12.4. The second kappa shape index (κ2) is 6.67. The number of nitrogens with one attached hydrogen (secondary N) is 1. The lowest BCUT2D eigenvalue weighted by molar-refractivity contribution is 0.601. The van der Waals surface area contributed by atoms with Crippen molar-refractivity contribution in [1.29, 1.82) is 0 Å². The third-order valence-electron chi connectivity index (χ3n) is 3.51. The Morgan fingerprint density at radius 1 is 1.12 bits per heavy atom. The molecule has 0 unspecified atom stereocenters. The van der Waals surface area contributed by atoms with Crippen molar-refractivity contribution >= 4 is 27.3 Å². The molecule has 0 radical (unpaired) electrons. The molecule has 0 aliphatic rings. The third kappa shape index (κ3) is 3.77. The molecule has 0 amide bonds. The predicted molar refractivity (Wildman–Crippen MR) is 94.8 cm³/mol. The first kappa shape index (κ1) is 16.5. The van der Waals surface area contributed by atoms with Crippen LogP contribution in [-0.4, -0.2) is 18.2 Å². The molecule has 124 valence electrons. The van der Waals surface area contributed by atoms with Crippen LogP contribution < -0.4 is 4.72 Å². The zero-order valence-electron chi connectivity index (χ0n) is 13.0. The Hall–Kier alpha value is -2.31. The summed E-state index contributed by atoms with van der Waals surface area (Å²) in [6.07, 6.45) is 3.11. The Kier molecular flexibility index (Phi) is 4.59. The van der Waals surface area contributed by atoms with Crippen LogP contribution in [0.25, 0.3) is 0 Å². The third-order valence-corrected chi connectivity index (χ3v) is 5.27. The average Bonchev–Trinajstić information content (AvgIpc) is 2.96. The molecule has 0 saturated carbocycles. The first-order valence-corrected chi connectivity index (χ1v) is 9.15. The quantitative estimate of drug-likeness (QED) is 0.753. The van der Waals surface area contributed by atoms with Crippen molar-refractivity contribution in [3.8, 4) is 0 Å². The van der Waals surface area contributed by atoms with Crippen molar-refractivity contribution in [2.24, 2.45) is 0 Å². The summed E-state index contributed by atoms with van der Waals surface area (Å²) in [6, 6.07) is 14.1. The van der Waals surface area contributed by atoms with Gasteiger partial charge in [0.1, 0.15) is 0 Å². The summed E-state index contributed by atoms with van der Waals surface area (Å²) in [4.78, 5) is 0.215. The van der Waals surface area contributed by atoms with Gasteiger partial charge in [0.15, 0.2) is 0 Å². The van der Waals surface area contributed by atoms with E-state index in [4.69, 9.17) is 11.6 Å². The molecular weight excluding hydrogens is 346 g/mol. The number of aromatic nitrogens is 2. The molecule has 0 spiro atoms. The average molecular weight is 362 g/mol. The Morgan fingerprint density at radius 2 is 1.83 bits per heavy atom. The second-order valence-corrected chi connectivity index (χ2v) is 7.53. The van der Waals surface area contributed by atoms with Crippen molar-refractivity contribution < 1.29 is 8.42 Å². The topological polar surface area (TPSA) is 64.0 Å². The summed E-state index contributed by atoms with van der Waals surface area (Å²) in [5.41, 5.74) is 2.32. The van der Waals surface area contributed by atoms with Gasteiger partial charge in [0.25, 0.3) is 10.0 Å². The minimum atomic E-state index is -3.63. The zero-order chi connectivity index (χ0) is 17.2. The smallest absolute Gasteiger partial charge is 0.261 e. The SMILES string of the molecule is Cc1ccc(S(=O)(=O)Nc2cnn(Cc3ccccc3Cl)c2)cc1. The Labute approximate surface area is 145 Å². The molecule has 1 N–H and O–H groups in total. The van der Waals surface area contributed by atoms with Crippen molar-refractivity contribution in [3.05, 3.63) is 77.1 Å². The molecule has 0 aliphatic heterocycles. The summed E-state index contributed by atoms with van der Waals surface area (Å²) in [5, 5.41) is 4.82. The highest BCUT2D eigenvalue weighted by Gasteiger charge is 2.15. The van der Waals surface area contributed by atoms with Crippen LogP contribution >= 0.6 is 11.6 Å². The Balaban J connectivity index is 1.76. The van der Waals surface area contributed by atoms with Gasteiger partial charge >= 0.3 is 0 Å². The highest BCUT2D eigenvalue weighted by molar-refractivity contribution is 7.92. The van der Waals surface area contributed by atoms with Gasteiger partial charge in [0.2, 0.25) is 0 Å². The van der Waals surface area contributed by atoms with Crippen LogP contribution in [0.2, 0.25) is 5.02 Å². The molecule has 0 fully saturated rings. The minimum absolute atomic E-state index is 0.215. The van der Waals surface area contributed by atoms with Gasteiger partial charge in [-0.05, 0) is 30.7 Å². The molecule has 2 aromatic carbocycles. The monoisotopic (exact) mass is 361 g/mol. The van der Waals surface area contributed by atoms with Crippen LogP contribution in [0.1, 0.15) is 11.1 Å². The molecule has 24 heavy (non-hydrogen) atoms. The molecule has 3 rings (SSSR count). The Morgan fingerprint density at radius 3 is 2.54 bits per heavy atom. The van der Waals surface area contributed by atoms with E-state index in [2.05, 4.69) is 9.82 Å². The van der Waals surface area contributed by atoms with Gasteiger partial charge in [0.05, 0.1) is 23.3 Å². The van der Waals surface area contributed by atoms with Crippen LogP contribution in [0.5, 0.6) is 0 Å². The standard InChI is InChI=1S/C17H16ClN3O2S/c1-13-6-8-16(9-7-13)24(22,23)20-15-10-19-21(12-15)11-14-4-2-3-5-17(14)18/h2-10,12,20H,11H2,1H3. The number of halogens is 1. The van der Waals surface area contributed by atoms with E-state index in [1.165, 1.54) is 6.20 Å². The fourth-order valence-corrected chi connectivity index (χ4v) is 3.46. The molecule has 0 atom stereocenters. The molecule has 1 heterocycles. The van der Waals surface area contributed by atoms with E-state index in [9.17, 15) is 8.42 Å². The number of benzene rings is 2. The van der Waals surface area contributed by atoms with E-state index in [0.717, 1.165) is 11.1 Å². The largest absolute Gasteiger partial charge is 0.276 e. The molecule has 5 nitrogen and oxygen atoms in total. The second-order valence-electron chi connectivity index (χ2n) is 5.44. The van der Waals surface area contributed by atoms with Gasteiger partial charge in [-0.2, -0.15) is 5.10 Å². The van der Waals surface area contributed by atoms with Crippen molar-refractivity contribution in [3.63, 3.8) is 0 Å². The van der Waals surface area contributed by atoms with Crippen molar-refractivity contribution in [2.75, 3.05) is 4.72 Å². The van der Waals surface area contributed by atoms with Crippen LogP contribution in [-0.2, 0) is 16.6 Å². The minimum Gasteiger partial charge on any atom is -0.276 e. The first-order valence-electron chi connectivity index (χ1n) is 7.29. The Bertz CT molecular complexity index is 950. The van der Waals surface area contributed by atoms with E-state index in [1.54, 1.807) is 41.2 Å². The van der Waals surface area contributed by atoms with Crippen molar-refractivity contribution in [1.82, 2.24) is 9.78 Å². The molecule has 0 bridgehead atoms. The van der Waals surface area contributed by atoms with Crippen molar-refractivity contribution in [2.45, 2.75) is 18.4 Å². The summed E-state index contributed by atoms with van der Waals surface area (Å²) in [6.45, 7) is 2.37. The van der Waals surface area contributed by atoms with Crippen LogP contribution in [0.15, 0.2) is 65.8 Å². The lowest BCUT2D eigenvalue weighted by atomic mass is 10.2. The summed E-state index contributed by atoms with van der Waals surface area (Å²) < 4.78 is 28.9. The van der Waals surface area contributed by atoms with Crippen LogP contribution in [0.3, 0.4) is 0 Å². The zero-order valence-corrected chi connectivity index (χ0v) is 14.6. The number of aryl methyl sites for hydroxylation is 1. The van der Waals surface area contributed by atoms with E-state index < -0.39 is 10.0 Å². The first-order chi connectivity index (χ1) is 11.4. The van der Waals surface area contributed by atoms with Crippen LogP contribution in [0.4, 0.5) is 5.69 Å². The maximum Gasteiger partial charge on any atom is 0.261 e. The highest BCUT2D eigenvalue weighted by atomic mass is 35.5. The molecular formula is C17H16ClN3O2S. The molecule has 0 aliphatic carbocycles. The lowest BCUT2D eigenvalue weighted by Gasteiger charge is -2.06. The summed E-state index contributed by atoms with van der Waals surface area (Å²) >= 11 is 6.13. The van der Waals surface area contributed by atoms with Gasteiger partial charge in [0, 0.05) is 11.2 Å². The summed E-state index contributed by atoms with van der Waals surface area (Å²) in [7, 11) is -3.63. The highest BCUT2D eigenvalue weighted by Crippen LogP contribution is 2.19. The number of rotatable bonds is 5. The molecule has 3 aromatic rings. The van der Waals surface area contributed by atoms with Crippen LogP contribution in [0, 0.1) is 6.92 Å². The van der Waals surface area contributed by atoms with E-state index in [0.29, 0.717) is 17.3 Å². The molecule has 7 heteroatoms. The predicted octanol–water partition coefficient (Wildman–Crippen LogP) is 3.69. The molecule has 1 aromatic heterocycles. The van der Waals surface area contributed by atoms with E-state index in [-0.39, 0.29) is 4.90 Å². The number of hydrogen-bond acceptors (Lipinski definition) is 3. The lowest BCUT2D eigenvalue weighted by Crippen LogP contribution is -2.12. The number of nitrogens with zero attached hydrogens (tertiary/aromatic N) is 2. The van der Waals surface area contributed by atoms with Gasteiger partial charge in [-0.25, -0.2) is 8.42 Å². The number of anilines is 1. The van der Waals surface area contributed by atoms with E-state index in [1.807, 2.05) is 25.1 Å². The van der Waals surface area contributed by atoms with Gasteiger partial charge < -0.3 is 0 Å². The van der Waals surface area contributed by atoms with Gasteiger partial charge in [-0.1, -0.05) is 47.5 Å².